The van der Waals surface area contributed by atoms with Gasteiger partial charge in [0.25, 0.3) is 0 Å². The van der Waals surface area contributed by atoms with E-state index in [1.807, 2.05) is 27.7 Å². The fourth-order valence-electron chi connectivity index (χ4n) is 1.45. The topological polar surface area (TPSA) is 58.6 Å². The van der Waals surface area contributed by atoms with Crippen molar-refractivity contribution in [2.75, 3.05) is 26.7 Å². The number of methoxy groups -OCH3 is 1. The zero-order valence-corrected chi connectivity index (χ0v) is 11.4. The predicted molar refractivity (Wildman–Crippen MR) is 66.6 cm³/mol. The molecule has 1 N–H and O–H groups in total. The van der Waals surface area contributed by atoms with E-state index < -0.39 is 0 Å². The number of nitrogens with one attached hydrogen (secondary N) is 1. The van der Waals surface area contributed by atoms with Crippen LogP contribution in [0.25, 0.3) is 0 Å². The van der Waals surface area contributed by atoms with Gasteiger partial charge >= 0.3 is 5.97 Å². The molecule has 5 nitrogen and oxygen atoms in total. The van der Waals surface area contributed by atoms with E-state index in [1.54, 1.807) is 4.90 Å². The highest BCUT2D eigenvalue weighted by Crippen LogP contribution is 2.06. The molecule has 17 heavy (non-hydrogen) atoms. The van der Waals surface area contributed by atoms with Crippen LogP contribution < -0.4 is 5.32 Å². The Labute approximate surface area is 103 Å². The molecule has 0 radical (unpaired) electrons. The second-order valence-corrected chi connectivity index (χ2v) is 4.34. The van der Waals surface area contributed by atoms with E-state index in [-0.39, 0.29) is 30.4 Å². The Kier molecular flexibility index (Phi) is 7.54. The standard InChI is InChI=1S/C12H24N2O3/c1-6-13-7-10(4)12(16)14(9(2)3)8-11(15)17-5/h9-10,13H,6-8H2,1-5H3. The van der Waals surface area contributed by atoms with Gasteiger partial charge in [-0.05, 0) is 20.4 Å². The third kappa shape index (κ3) is 5.68. The summed E-state index contributed by atoms with van der Waals surface area (Å²) in [6.45, 7) is 9.10. The van der Waals surface area contributed by atoms with Crippen LogP contribution in [0, 0.1) is 5.92 Å². The second-order valence-electron chi connectivity index (χ2n) is 4.34. The summed E-state index contributed by atoms with van der Waals surface area (Å²) in [5.74, 6) is -0.545. The Morgan fingerprint density at radius 3 is 2.29 bits per heavy atom. The van der Waals surface area contributed by atoms with Gasteiger partial charge in [-0.3, -0.25) is 9.59 Å². The maximum absolute atomic E-state index is 12.1. The van der Waals surface area contributed by atoms with E-state index in [1.165, 1.54) is 7.11 Å². The van der Waals surface area contributed by atoms with Crippen molar-refractivity contribution >= 4 is 11.9 Å². The van der Waals surface area contributed by atoms with Crippen molar-refractivity contribution in [3.05, 3.63) is 0 Å². The molecular weight excluding hydrogens is 220 g/mol. The Bertz CT molecular complexity index is 254. The number of nitrogens with zero attached hydrogens (tertiary/aromatic N) is 1. The van der Waals surface area contributed by atoms with Gasteiger partial charge in [-0.15, -0.1) is 0 Å². The predicted octanol–water partition coefficient (Wildman–Crippen LogP) is 0.642. The SMILES string of the molecule is CCNCC(C)C(=O)N(CC(=O)OC)C(C)C. The molecule has 0 aromatic carbocycles. The van der Waals surface area contributed by atoms with Gasteiger partial charge in [-0.25, -0.2) is 0 Å². The third-order valence-corrected chi connectivity index (χ3v) is 2.56. The van der Waals surface area contributed by atoms with Gasteiger partial charge in [-0.2, -0.15) is 0 Å². The molecule has 0 spiro atoms. The highest BCUT2D eigenvalue weighted by Gasteiger charge is 2.24. The molecule has 0 heterocycles. The van der Waals surface area contributed by atoms with Crippen LogP contribution in [0.3, 0.4) is 0 Å². The van der Waals surface area contributed by atoms with Crippen molar-refractivity contribution in [1.29, 1.82) is 0 Å². The number of ether oxygens (including phenoxy) is 1. The highest BCUT2D eigenvalue weighted by molar-refractivity contribution is 5.83. The van der Waals surface area contributed by atoms with E-state index in [4.69, 9.17) is 0 Å². The normalized spacial score (nSPS) is 12.4. The molecule has 0 aromatic heterocycles. The summed E-state index contributed by atoms with van der Waals surface area (Å²) in [4.78, 5) is 24.9. The van der Waals surface area contributed by atoms with Gasteiger partial charge in [0.15, 0.2) is 0 Å². The minimum atomic E-state index is -0.386. The lowest BCUT2D eigenvalue weighted by Gasteiger charge is -2.28. The van der Waals surface area contributed by atoms with Gasteiger partial charge in [-0.1, -0.05) is 13.8 Å². The van der Waals surface area contributed by atoms with Crippen molar-refractivity contribution < 1.29 is 14.3 Å². The quantitative estimate of drug-likeness (QED) is 0.668. The van der Waals surface area contributed by atoms with Gasteiger partial charge in [0.2, 0.25) is 5.91 Å². The summed E-state index contributed by atoms with van der Waals surface area (Å²) in [6, 6.07) is -0.00863. The van der Waals surface area contributed by atoms with Gasteiger partial charge in [0.05, 0.1) is 7.11 Å². The second kappa shape index (κ2) is 8.06. The van der Waals surface area contributed by atoms with Crippen LogP contribution in [-0.2, 0) is 14.3 Å². The fourth-order valence-corrected chi connectivity index (χ4v) is 1.45. The maximum atomic E-state index is 12.1. The van der Waals surface area contributed by atoms with Crippen LogP contribution in [0.5, 0.6) is 0 Å². The number of esters is 1. The Morgan fingerprint density at radius 1 is 1.29 bits per heavy atom. The van der Waals surface area contributed by atoms with Crippen molar-refractivity contribution in [1.82, 2.24) is 10.2 Å². The van der Waals surface area contributed by atoms with Crippen LogP contribution in [-0.4, -0.2) is 49.6 Å². The lowest BCUT2D eigenvalue weighted by atomic mass is 10.1. The van der Waals surface area contributed by atoms with Crippen LogP contribution in [0.2, 0.25) is 0 Å². The number of amides is 1. The van der Waals surface area contributed by atoms with E-state index in [0.717, 1.165) is 6.54 Å². The Hall–Kier alpha value is -1.10. The molecule has 0 aliphatic carbocycles. The Balaban J connectivity index is 4.48. The summed E-state index contributed by atoms with van der Waals surface area (Å²) in [6.07, 6.45) is 0. The first-order chi connectivity index (χ1) is 7.93. The minimum Gasteiger partial charge on any atom is -0.468 e. The van der Waals surface area contributed by atoms with Crippen LogP contribution >= 0.6 is 0 Å². The molecule has 0 aliphatic rings. The molecular formula is C12H24N2O3. The molecule has 5 heteroatoms. The molecule has 0 rings (SSSR count). The summed E-state index contributed by atoms with van der Waals surface area (Å²) in [7, 11) is 1.33. The summed E-state index contributed by atoms with van der Waals surface area (Å²) in [5.41, 5.74) is 0. The Morgan fingerprint density at radius 2 is 1.88 bits per heavy atom. The van der Waals surface area contributed by atoms with E-state index in [2.05, 4.69) is 10.1 Å². The summed E-state index contributed by atoms with van der Waals surface area (Å²) >= 11 is 0. The van der Waals surface area contributed by atoms with E-state index in [0.29, 0.717) is 6.54 Å². The number of rotatable bonds is 7. The molecule has 1 amide bonds. The largest absolute Gasteiger partial charge is 0.468 e. The van der Waals surface area contributed by atoms with E-state index >= 15 is 0 Å². The molecule has 0 fully saturated rings. The van der Waals surface area contributed by atoms with Crippen molar-refractivity contribution in [3.8, 4) is 0 Å². The average Bonchev–Trinajstić information content (AvgIpc) is 2.31. The maximum Gasteiger partial charge on any atom is 0.325 e. The van der Waals surface area contributed by atoms with Crippen LogP contribution in [0.4, 0.5) is 0 Å². The summed E-state index contributed by atoms with van der Waals surface area (Å²) < 4.78 is 4.59. The molecule has 1 atom stereocenters. The van der Waals surface area contributed by atoms with Crippen LogP contribution in [0.1, 0.15) is 27.7 Å². The van der Waals surface area contributed by atoms with Gasteiger partial charge in [0.1, 0.15) is 6.54 Å². The fraction of sp³-hybridized carbons (Fsp3) is 0.833. The first-order valence-corrected chi connectivity index (χ1v) is 6.02. The van der Waals surface area contributed by atoms with Crippen molar-refractivity contribution in [2.45, 2.75) is 33.7 Å². The lowest BCUT2D eigenvalue weighted by molar-refractivity contribution is -0.149. The smallest absolute Gasteiger partial charge is 0.325 e. The van der Waals surface area contributed by atoms with Gasteiger partial charge in [0, 0.05) is 18.5 Å². The average molecular weight is 244 g/mol. The van der Waals surface area contributed by atoms with Crippen molar-refractivity contribution in [2.24, 2.45) is 5.92 Å². The molecule has 0 aromatic rings. The minimum absolute atomic E-state index is 0.00863. The number of carbonyl (C=O) groups excluding carboxylic acids is 2. The highest BCUT2D eigenvalue weighted by atomic mass is 16.5. The molecule has 100 valence electrons. The molecule has 0 aliphatic heterocycles. The lowest BCUT2D eigenvalue weighted by Crippen LogP contribution is -2.45. The van der Waals surface area contributed by atoms with Crippen molar-refractivity contribution in [3.63, 3.8) is 0 Å². The molecule has 0 saturated carbocycles. The number of carbonyl (C=O) groups is 2. The number of hydrogen-bond donors (Lipinski definition) is 1. The number of hydrogen-bond acceptors (Lipinski definition) is 4. The van der Waals surface area contributed by atoms with Gasteiger partial charge < -0.3 is 15.0 Å². The summed E-state index contributed by atoms with van der Waals surface area (Å²) in [5, 5.41) is 3.13. The zero-order chi connectivity index (χ0) is 13.4. The first-order valence-electron chi connectivity index (χ1n) is 6.02. The van der Waals surface area contributed by atoms with Crippen LogP contribution in [0.15, 0.2) is 0 Å². The molecule has 0 saturated heterocycles. The monoisotopic (exact) mass is 244 g/mol. The third-order valence-electron chi connectivity index (χ3n) is 2.56. The molecule has 1 unspecified atom stereocenters. The zero-order valence-electron chi connectivity index (χ0n) is 11.4. The van der Waals surface area contributed by atoms with E-state index in [9.17, 15) is 9.59 Å². The molecule has 0 bridgehead atoms. The first kappa shape index (κ1) is 15.9.